The quantitative estimate of drug-likeness (QED) is 0.796. The second-order valence-corrected chi connectivity index (χ2v) is 7.71. The maximum Gasteiger partial charge on any atom is 0.318 e. The average molecular weight is 420 g/mol. The molecule has 2 aromatic rings. The molecule has 1 saturated heterocycles. The molecule has 0 spiro atoms. The van der Waals surface area contributed by atoms with Crippen LogP contribution in [0.15, 0.2) is 24.4 Å². The first kappa shape index (κ1) is 19.8. The van der Waals surface area contributed by atoms with Crippen molar-refractivity contribution in [2.75, 3.05) is 25.1 Å². The average Bonchev–Trinajstić information content (AvgIpc) is 2.74. The van der Waals surface area contributed by atoms with E-state index in [0.717, 1.165) is 36.3 Å². The summed E-state index contributed by atoms with van der Waals surface area (Å²) in [6.45, 7) is 2.75. The summed E-state index contributed by atoms with van der Waals surface area (Å²) in [4.78, 5) is 23.3. The summed E-state index contributed by atoms with van der Waals surface area (Å²) < 4.78 is 18.7. The van der Waals surface area contributed by atoms with Crippen molar-refractivity contribution in [3.63, 3.8) is 0 Å². The number of anilines is 1. The lowest BCUT2D eigenvalue weighted by atomic mass is 10.1. The van der Waals surface area contributed by atoms with Crippen molar-refractivity contribution in [2.45, 2.75) is 38.4 Å². The lowest BCUT2D eigenvalue weighted by Gasteiger charge is -2.29. The van der Waals surface area contributed by atoms with Crippen LogP contribution >= 0.6 is 11.6 Å². The Labute approximate surface area is 173 Å². The molecule has 1 aromatic heterocycles. The van der Waals surface area contributed by atoms with Gasteiger partial charge in [0.1, 0.15) is 5.82 Å². The lowest BCUT2D eigenvalue weighted by Crippen LogP contribution is -2.43. The molecule has 4 rings (SSSR count). The van der Waals surface area contributed by atoms with E-state index in [2.05, 4.69) is 20.6 Å². The SMILES string of the molecule is O=C(NCc1ccc(F)c(Cl)c1)N1CCc2cnc(NC3CCCOC3)nc2C1. The molecule has 29 heavy (non-hydrogen) atoms. The second-order valence-electron chi connectivity index (χ2n) is 7.30. The number of amides is 2. The Morgan fingerprint density at radius 1 is 1.41 bits per heavy atom. The highest BCUT2D eigenvalue weighted by Crippen LogP contribution is 2.20. The van der Waals surface area contributed by atoms with Gasteiger partial charge in [-0.05, 0) is 42.5 Å². The van der Waals surface area contributed by atoms with Gasteiger partial charge in [-0.1, -0.05) is 17.7 Å². The summed E-state index contributed by atoms with van der Waals surface area (Å²) in [5, 5.41) is 6.22. The number of nitrogens with zero attached hydrogens (tertiary/aromatic N) is 3. The topological polar surface area (TPSA) is 79.4 Å². The number of benzene rings is 1. The summed E-state index contributed by atoms with van der Waals surface area (Å²) >= 11 is 5.79. The van der Waals surface area contributed by atoms with Crippen molar-refractivity contribution in [3.8, 4) is 0 Å². The molecular formula is C20H23ClFN5O2. The zero-order valence-electron chi connectivity index (χ0n) is 16.0. The van der Waals surface area contributed by atoms with Crippen molar-refractivity contribution in [2.24, 2.45) is 0 Å². The number of halogens is 2. The zero-order chi connectivity index (χ0) is 20.2. The van der Waals surface area contributed by atoms with E-state index in [1.54, 1.807) is 11.0 Å². The summed E-state index contributed by atoms with van der Waals surface area (Å²) in [6, 6.07) is 4.44. The number of hydrogen-bond acceptors (Lipinski definition) is 5. The molecule has 2 N–H and O–H groups in total. The van der Waals surface area contributed by atoms with E-state index >= 15 is 0 Å². The van der Waals surface area contributed by atoms with Crippen LogP contribution in [0.1, 0.15) is 29.7 Å². The maximum atomic E-state index is 13.3. The van der Waals surface area contributed by atoms with Gasteiger partial charge in [-0.25, -0.2) is 19.2 Å². The third kappa shape index (κ3) is 4.94. The van der Waals surface area contributed by atoms with Gasteiger partial charge in [0.2, 0.25) is 5.95 Å². The standard InChI is InChI=1S/C20H23ClFN5O2/c21-16-8-13(3-4-17(16)22)9-24-20(28)27-6-5-14-10-23-19(26-18(14)11-27)25-15-2-1-7-29-12-15/h3-4,8,10,15H,1-2,5-7,9,11-12H2,(H,24,28)(H,23,25,26). The number of carbonyl (C=O) groups excluding carboxylic acids is 1. The third-order valence-electron chi connectivity index (χ3n) is 5.15. The van der Waals surface area contributed by atoms with Crippen LogP contribution in [0.25, 0.3) is 0 Å². The Kier molecular flexibility index (Phi) is 6.10. The largest absolute Gasteiger partial charge is 0.379 e. The lowest BCUT2D eigenvalue weighted by molar-refractivity contribution is 0.0874. The number of fused-ring (bicyclic) bond motifs is 1. The van der Waals surface area contributed by atoms with E-state index < -0.39 is 5.82 Å². The smallest absolute Gasteiger partial charge is 0.318 e. The highest BCUT2D eigenvalue weighted by atomic mass is 35.5. The predicted octanol–water partition coefficient (Wildman–Crippen LogP) is 3.13. The van der Waals surface area contributed by atoms with E-state index in [0.29, 0.717) is 32.1 Å². The predicted molar refractivity (Wildman–Crippen MR) is 107 cm³/mol. The molecule has 7 nitrogen and oxygen atoms in total. The van der Waals surface area contributed by atoms with E-state index in [-0.39, 0.29) is 23.6 Å². The number of hydrogen-bond donors (Lipinski definition) is 2. The molecule has 1 fully saturated rings. The van der Waals surface area contributed by atoms with E-state index in [4.69, 9.17) is 16.3 Å². The zero-order valence-corrected chi connectivity index (χ0v) is 16.7. The molecule has 0 bridgehead atoms. The summed E-state index contributed by atoms with van der Waals surface area (Å²) in [5.41, 5.74) is 2.65. The first-order valence-electron chi connectivity index (χ1n) is 9.74. The van der Waals surface area contributed by atoms with Crippen LogP contribution in [-0.4, -0.2) is 46.7 Å². The molecular weight excluding hydrogens is 397 g/mol. The summed E-state index contributed by atoms with van der Waals surface area (Å²) in [7, 11) is 0. The van der Waals surface area contributed by atoms with Crippen LogP contribution in [-0.2, 0) is 24.2 Å². The van der Waals surface area contributed by atoms with E-state index in [1.165, 1.54) is 12.1 Å². The van der Waals surface area contributed by atoms with Crippen LogP contribution in [0.5, 0.6) is 0 Å². The van der Waals surface area contributed by atoms with Gasteiger partial charge in [0.15, 0.2) is 0 Å². The Morgan fingerprint density at radius 3 is 3.10 bits per heavy atom. The van der Waals surface area contributed by atoms with Gasteiger partial charge in [-0.2, -0.15) is 0 Å². The van der Waals surface area contributed by atoms with E-state index in [1.807, 2.05) is 6.20 Å². The molecule has 1 atom stereocenters. The summed E-state index contributed by atoms with van der Waals surface area (Å²) in [5.74, 6) is 0.0979. The molecule has 0 aliphatic carbocycles. The van der Waals surface area contributed by atoms with Crippen molar-refractivity contribution in [1.29, 1.82) is 0 Å². The van der Waals surface area contributed by atoms with E-state index in [9.17, 15) is 9.18 Å². The normalized spacial score (nSPS) is 18.8. The van der Waals surface area contributed by atoms with Crippen LogP contribution < -0.4 is 10.6 Å². The van der Waals surface area contributed by atoms with Gasteiger partial charge in [-0.3, -0.25) is 0 Å². The highest BCUT2D eigenvalue weighted by molar-refractivity contribution is 6.30. The van der Waals surface area contributed by atoms with Crippen LogP contribution in [0.4, 0.5) is 15.1 Å². The number of urea groups is 1. The molecule has 9 heteroatoms. The third-order valence-corrected chi connectivity index (χ3v) is 5.44. The van der Waals surface area contributed by atoms with Crippen molar-refractivity contribution in [1.82, 2.24) is 20.2 Å². The van der Waals surface area contributed by atoms with Crippen molar-refractivity contribution >= 4 is 23.6 Å². The van der Waals surface area contributed by atoms with Crippen LogP contribution in [0.3, 0.4) is 0 Å². The van der Waals surface area contributed by atoms with Gasteiger partial charge in [0.25, 0.3) is 0 Å². The minimum atomic E-state index is -0.474. The maximum absolute atomic E-state index is 13.3. The fourth-order valence-electron chi connectivity index (χ4n) is 3.52. The molecule has 1 aromatic carbocycles. The minimum absolute atomic E-state index is 0.0451. The first-order chi connectivity index (χ1) is 14.1. The fraction of sp³-hybridized carbons (Fsp3) is 0.450. The van der Waals surface area contributed by atoms with Gasteiger partial charge in [0.05, 0.1) is 29.9 Å². The first-order valence-corrected chi connectivity index (χ1v) is 10.1. The minimum Gasteiger partial charge on any atom is -0.379 e. The molecule has 2 aliphatic rings. The number of aromatic nitrogens is 2. The molecule has 1 unspecified atom stereocenters. The fourth-order valence-corrected chi connectivity index (χ4v) is 3.73. The molecule has 3 heterocycles. The van der Waals surface area contributed by atoms with Crippen molar-refractivity contribution < 1.29 is 13.9 Å². The van der Waals surface area contributed by atoms with Gasteiger partial charge in [-0.15, -0.1) is 0 Å². The Bertz CT molecular complexity index is 891. The van der Waals surface area contributed by atoms with Crippen molar-refractivity contribution in [3.05, 3.63) is 52.1 Å². The van der Waals surface area contributed by atoms with Crippen LogP contribution in [0.2, 0.25) is 5.02 Å². The Morgan fingerprint density at radius 2 is 2.31 bits per heavy atom. The molecule has 154 valence electrons. The number of ether oxygens (including phenoxy) is 1. The number of nitrogens with one attached hydrogen (secondary N) is 2. The molecule has 2 amide bonds. The molecule has 2 aliphatic heterocycles. The number of carbonyl (C=O) groups is 1. The Balaban J connectivity index is 1.35. The monoisotopic (exact) mass is 419 g/mol. The van der Waals surface area contributed by atoms with Crippen LogP contribution in [0, 0.1) is 5.82 Å². The molecule has 0 radical (unpaired) electrons. The van der Waals surface area contributed by atoms with Gasteiger partial charge in [0, 0.05) is 25.9 Å². The summed E-state index contributed by atoms with van der Waals surface area (Å²) in [6.07, 6.45) is 4.60. The Hall–Kier alpha value is -2.45. The van der Waals surface area contributed by atoms with Gasteiger partial charge >= 0.3 is 6.03 Å². The number of rotatable bonds is 4. The second kappa shape index (κ2) is 8.92. The van der Waals surface area contributed by atoms with Gasteiger partial charge < -0.3 is 20.3 Å². The molecule has 0 saturated carbocycles. The highest BCUT2D eigenvalue weighted by Gasteiger charge is 2.23.